The zero-order valence-corrected chi connectivity index (χ0v) is 5.10. The average Bonchev–Trinajstić information content (AvgIpc) is 1.88. The number of hydrogen-bond donors (Lipinski definition) is 2. The van der Waals surface area contributed by atoms with Crippen molar-refractivity contribution in [3.63, 3.8) is 0 Å². The molecule has 0 radical (unpaired) electrons. The van der Waals surface area contributed by atoms with Crippen LogP contribution in [0.5, 0.6) is 0 Å². The number of rotatable bonds is 3. The van der Waals surface area contributed by atoms with E-state index in [0.29, 0.717) is 0 Å². The molecule has 0 spiro atoms. The zero-order valence-electron chi connectivity index (χ0n) is 5.10. The van der Waals surface area contributed by atoms with Crippen LogP contribution >= 0.6 is 0 Å². The van der Waals surface area contributed by atoms with Gasteiger partial charge in [-0.3, -0.25) is 4.79 Å². The van der Waals surface area contributed by atoms with Gasteiger partial charge in [0.2, 0.25) is 6.41 Å². The van der Waals surface area contributed by atoms with Crippen LogP contribution in [0, 0.1) is 0 Å². The van der Waals surface area contributed by atoms with Crippen molar-refractivity contribution in [2.24, 2.45) is 0 Å². The van der Waals surface area contributed by atoms with Crippen LogP contribution in [0.1, 0.15) is 0 Å². The van der Waals surface area contributed by atoms with Crippen molar-refractivity contribution in [3.8, 4) is 0 Å². The smallest absolute Gasteiger partial charge is 0.416 e. The van der Waals surface area contributed by atoms with Crippen LogP contribution in [0.15, 0.2) is 12.7 Å². The summed E-state index contributed by atoms with van der Waals surface area (Å²) in [5.41, 5.74) is 0. The number of aliphatic hydroxyl groups is 1. The Bertz CT molecular complexity index is 156. The number of aliphatic hydroxyl groups excluding tert-OH is 1. The maximum Gasteiger partial charge on any atom is 0.416 e. The molecule has 10 heavy (non-hydrogen) atoms. The Hall–Kier alpha value is -1.36. The lowest BCUT2D eigenvalue weighted by atomic mass is 10.5. The number of carbonyl (C=O) groups is 2. The standard InChI is InChI=1S/C5H7NO4/c1-2-4(8)6(3-7)5(9)10/h2-4,8H,1H2,(H,9,10). The molecule has 0 saturated heterocycles. The summed E-state index contributed by atoms with van der Waals surface area (Å²) in [6, 6.07) is 0. The fourth-order valence-electron chi connectivity index (χ4n) is 0.334. The first-order valence-corrected chi connectivity index (χ1v) is 2.40. The normalized spacial score (nSPS) is 11.7. The van der Waals surface area contributed by atoms with E-state index in [4.69, 9.17) is 10.2 Å². The molecule has 0 aromatic heterocycles. The Morgan fingerprint density at radius 3 is 2.30 bits per heavy atom. The van der Waals surface area contributed by atoms with Gasteiger partial charge in [-0.1, -0.05) is 6.58 Å². The summed E-state index contributed by atoms with van der Waals surface area (Å²) in [6.07, 6.45) is -2.03. The van der Waals surface area contributed by atoms with Gasteiger partial charge in [0.1, 0.15) is 0 Å². The predicted molar refractivity (Wildman–Crippen MR) is 32.1 cm³/mol. The first kappa shape index (κ1) is 8.64. The third-order valence-corrected chi connectivity index (χ3v) is 0.830. The summed E-state index contributed by atoms with van der Waals surface area (Å²) >= 11 is 0. The third-order valence-electron chi connectivity index (χ3n) is 0.830. The van der Waals surface area contributed by atoms with Crippen LogP contribution in [0.25, 0.3) is 0 Å². The highest BCUT2D eigenvalue weighted by atomic mass is 16.4. The van der Waals surface area contributed by atoms with Gasteiger partial charge in [-0.15, -0.1) is 0 Å². The summed E-state index contributed by atoms with van der Waals surface area (Å²) in [7, 11) is 0. The second-order valence-corrected chi connectivity index (χ2v) is 1.44. The summed E-state index contributed by atoms with van der Waals surface area (Å²) in [5.74, 6) is 0. The van der Waals surface area contributed by atoms with Crippen molar-refractivity contribution in [3.05, 3.63) is 12.7 Å². The Morgan fingerprint density at radius 2 is 2.20 bits per heavy atom. The highest BCUT2D eigenvalue weighted by Gasteiger charge is 2.16. The topological polar surface area (TPSA) is 77.8 Å². The van der Waals surface area contributed by atoms with Crippen LogP contribution in [0.2, 0.25) is 0 Å². The maximum absolute atomic E-state index is 10.0. The second kappa shape index (κ2) is 3.62. The lowest BCUT2D eigenvalue weighted by Crippen LogP contribution is -2.36. The quantitative estimate of drug-likeness (QED) is 0.322. The van der Waals surface area contributed by atoms with Gasteiger partial charge in [0.25, 0.3) is 0 Å². The Balaban J connectivity index is 4.19. The Kier molecular flexibility index (Phi) is 3.13. The number of hydrogen-bond acceptors (Lipinski definition) is 3. The first-order valence-electron chi connectivity index (χ1n) is 2.40. The summed E-state index contributed by atoms with van der Waals surface area (Å²) in [6.45, 7) is 3.10. The molecular weight excluding hydrogens is 138 g/mol. The summed E-state index contributed by atoms with van der Waals surface area (Å²) in [4.78, 5) is 20.1. The first-order chi connectivity index (χ1) is 4.63. The lowest BCUT2D eigenvalue weighted by Gasteiger charge is -2.13. The van der Waals surface area contributed by atoms with Crippen molar-refractivity contribution in [1.82, 2.24) is 4.90 Å². The molecule has 0 aliphatic carbocycles. The van der Waals surface area contributed by atoms with Gasteiger partial charge in [0.05, 0.1) is 0 Å². The molecule has 56 valence electrons. The SMILES string of the molecule is C=CC(O)N(C=O)C(=O)O. The molecule has 0 saturated carbocycles. The van der Waals surface area contributed by atoms with Gasteiger partial charge in [0, 0.05) is 0 Å². The fraction of sp³-hybridized carbons (Fsp3) is 0.200. The summed E-state index contributed by atoms with van der Waals surface area (Å²) < 4.78 is 0. The molecule has 0 aliphatic heterocycles. The lowest BCUT2D eigenvalue weighted by molar-refractivity contribution is -0.121. The van der Waals surface area contributed by atoms with Gasteiger partial charge in [0.15, 0.2) is 6.23 Å². The Labute approximate surface area is 57.2 Å². The van der Waals surface area contributed by atoms with Gasteiger partial charge in [-0.25, -0.2) is 9.69 Å². The van der Waals surface area contributed by atoms with Crippen molar-refractivity contribution >= 4 is 12.5 Å². The molecule has 2 amide bonds. The molecule has 0 aromatic carbocycles. The molecule has 1 unspecified atom stereocenters. The van der Waals surface area contributed by atoms with Crippen LogP contribution in [-0.4, -0.2) is 33.8 Å². The largest absolute Gasteiger partial charge is 0.465 e. The number of nitrogens with zero attached hydrogens (tertiary/aromatic N) is 1. The minimum atomic E-state index is -1.51. The van der Waals surface area contributed by atoms with E-state index < -0.39 is 12.3 Å². The van der Waals surface area contributed by atoms with E-state index in [1.807, 2.05) is 0 Å². The molecule has 0 heterocycles. The van der Waals surface area contributed by atoms with E-state index in [0.717, 1.165) is 6.08 Å². The van der Waals surface area contributed by atoms with Crippen LogP contribution in [-0.2, 0) is 4.79 Å². The maximum atomic E-state index is 10.0. The summed E-state index contributed by atoms with van der Waals surface area (Å²) in [5, 5.41) is 16.8. The highest BCUT2D eigenvalue weighted by molar-refractivity contribution is 5.79. The highest BCUT2D eigenvalue weighted by Crippen LogP contribution is 1.92. The zero-order chi connectivity index (χ0) is 8.15. The minimum absolute atomic E-state index is 0.00861. The van der Waals surface area contributed by atoms with E-state index in [2.05, 4.69) is 6.58 Å². The molecule has 0 fully saturated rings. The monoisotopic (exact) mass is 145 g/mol. The molecule has 2 N–H and O–H groups in total. The minimum Gasteiger partial charge on any atom is -0.465 e. The van der Waals surface area contributed by atoms with Crippen molar-refractivity contribution in [1.29, 1.82) is 0 Å². The molecule has 0 aromatic rings. The van der Waals surface area contributed by atoms with Crippen molar-refractivity contribution < 1.29 is 19.8 Å². The van der Waals surface area contributed by atoms with Gasteiger partial charge < -0.3 is 10.2 Å². The molecule has 0 bridgehead atoms. The number of imide groups is 1. The van der Waals surface area contributed by atoms with E-state index in [9.17, 15) is 9.59 Å². The van der Waals surface area contributed by atoms with E-state index in [1.54, 1.807) is 0 Å². The molecule has 5 nitrogen and oxygen atoms in total. The molecule has 5 heteroatoms. The average molecular weight is 145 g/mol. The van der Waals surface area contributed by atoms with Gasteiger partial charge >= 0.3 is 6.09 Å². The van der Waals surface area contributed by atoms with E-state index in [-0.39, 0.29) is 11.3 Å². The second-order valence-electron chi connectivity index (χ2n) is 1.44. The number of carbonyl (C=O) groups excluding carboxylic acids is 1. The Morgan fingerprint density at radius 1 is 1.70 bits per heavy atom. The molecule has 0 aliphatic rings. The van der Waals surface area contributed by atoms with Crippen LogP contribution < -0.4 is 0 Å². The van der Waals surface area contributed by atoms with E-state index in [1.165, 1.54) is 0 Å². The fourth-order valence-corrected chi connectivity index (χ4v) is 0.334. The van der Waals surface area contributed by atoms with Gasteiger partial charge in [-0.05, 0) is 6.08 Å². The predicted octanol–water partition coefficient (Wildman–Crippen LogP) is -0.373. The van der Waals surface area contributed by atoms with Gasteiger partial charge in [-0.2, -0.15) is 0 Å². The van der Waals surface area contributed by atoms with Crippen molar-refractivity contribution in [2.45, 2.75) is 6.23 Å². The number of carboxylic acid groups (broad SMARTS) is 1. The molecule has 1 atom stereocenters. The van der Waals surface area contributed by atoms with Crippen LogP contribution in [0.4, 0.5) is 4.79 Å². The third kappa shape index (κ3) is 1.87. The van der Waals surface area contributed by atoms with E-state index >= 15 is 0 Å². The van der Waals surface area contributed by atoms with Crippen molar-refractivity contribution in [2.75, 3.05) is 0 Å². The van der Waals surface area contributed by atoms with Crippen LogP contribution in [0.3, 0.4) is 0 Å². The molecule has 0 rings (SSSR count). The number of amides is 2. The molecular formula is C5H7NO4.